The van der Waals surface area contributed by atoms with Crippen LogP contribution in [0.5, 0.6) is 0 Å². The SMILES string of the molecule is O=C(Nc1ccc(C2NCCc3c2[nH]c2ccccc32)cc1)c1ccccc1F. The molecule has 144 valence electrons. The first kappa shape index (κ1) is 17.6. The molecule has 1 amide bonds. The molecule has 0 aliphatic carbocycles. The van der Waals surface area contributed by atoms with E-state index in [4.69, 9.17) is 0 Å². The van der Waals surface area contributed by atoms with Crippen LogP contribution in [0.1, 0.15) is 33.2 Å². The van der Waals surface area contributed by atoms with Crippen molar-refractivity contribution in [1.29, 1.82) is 0 Å². The molecule has 1 unspecified atom stereocenters. The molecule has 4 nitrogen and oxygen atoms in total. The maximum absolute atomic E-state index is 13.8. The van der Waals surface area contributed by atoms with E-state index in [0.29, 0.717) is 5.69 Å². The number of benzene rings is 3. The number of carbonyl (C=O) groups is 1. The van der Waals surface area contributed by atoms with E-state index < -0.39 is 11.7 Å². The number of nitrogens with one attached hydrogen (secondary N) is 3. The second-order valence-corrected chi connectivity index (χ2v) is 7.26. The van der Waals surface area contributed by atoms with Gasteiger partial charge in [0, 0.05) is 28.8 Å². The van der Waals surface area contributed by atoms with Crippen molar-refractivity contribution >= 4 is 22.5 Å². The number of aromatic nitrogens is 1. The van der Waals surface area contributed by atoms with Crippen molar-refractivity contribution in [2.24, 2.45) is 0 Å². The lowest BCUT2D eigenvalue weighted by molar-refractivity contribution is 0.102. The Labute approximate surface area is 167 Å². The summed E-state index contributed by atoms with van der Waals surface area (Å²) in [5.41, 5.74) is 5.49. The van der Waals surface area contributed by atoms with Crippen LogP contribution >= 0.6 is 0 Å². The van der Waals surface area contributed by atoms with Crippen molar-refractivity contribution in [1.82, 2.24) is 10.3 Å². The molecule has 29 heavy (non-hydrogen) atoms. The zero-order valence-electron chi connectivity index (χ0n) is 15.7. The molecular formula is C24H20FN3O. The highest BCUT2D eigenvalue weighted by Crippen LogP contribution is 2.33. The predicted octanol–water partition coefficient (Wildman–Crippen LogP) is 4.79. The second-order valence-electron chi connectivity index (χ2n) is 7.26. The summed E-state index contributed by atoms with van der Waals surface area (Å²) < 4.78 is 13.8. The topological polar surface area (TPSA) is 56.9 Å². The Bertz CT molecular complexity index is 1200. The molecule has 3 N–H and O–H groups in total. The Morgan fingerprint density at radius 2 is 1.72 bits per heavy atom. The van der Waals surface area contributed by atoms with E-state index in [1.165, 1.54) is 28.8 Å². The van der Waals surface area contributed by atoms with Crippen LogP contribution in [0.4, 0.5) is 10.1 Å². The van der Waals surface area contributed by atoms with E-state index in [1.807, 2.05) is 30.3 Å². The Hall–Kier alpha value is -3.44. The lowest BCUT2D eigenvalue weighted by atomic mass is 9.94. The van der Waals surface area contributed by atoms with Gasteiger partial charge in [-0.25, -0.2) is 4.39 Å². The fraction of sp³-hybridized carbons (Fsp3) is 0.125. The number of amides is 1. The number of H-pyrrole nitrogens is 1. The van der Waals surface area contributed by atoms with Crippen LogP contribution in [-0.4, -0.2) is 17.4 Å². The van der Waals surface area contributed by atoms with Gasteiger partial charge in [-0.1, -0.05) is 42.5 Å². The molecule has 0 radical (unpaired) electrons. The van der Waals surface area contributed by atoms with Gasteiger partial charge in [-0.3, -0.25) is 4.79 Å². The van der Waals surface area contributed by atoms with E-state index in [9.17, 15) is 9.18 Å². The molecule has 1 atom stereocenters. The van der Waals surface area contributed by atoms with Crippen LogP contribution in [-0.2, 0) is 6.42 Å². The molecule has 0 bridgehead atoms. The van der Waals surface area contributed by atoms with Crippen LogP contribution in [0, 0.1) is 5.82 Å². The van der Waals surface area contributed by atoms with Crippen molar-refractivity contribution in [2.45, 2.75) is 12.5 Å². The van der Waals surface area contributed by atoms with Gasteiger partial charge in [0.25, 0.3) is 5.91 Å². The number of halogens is 1. The van der Waals surface area contributed by atoms with Gasteiger partial charge in [0.2, 0.25) is 0 Å². The third kappa shape index (κ3) is 3.19. The van der Waals surface area contributed by atoms with E-state index in [1.54, 1.807) is 12.1 Å². The molecule has 0 saturated carbocycles. The van der Waals surface area contributed by atoms with E-state index in [0.717, 1.165) is 24.0 Å². The van der Waals surface area contributed by atoms with Gasteiger partial charge in [0.15, 0.2) is 0 Å². The minimum Gasteiger partial charge on any atom is -0.357 e. The van der Waals surface area contributed by atoms with Crippen molar-refractivity contribution < 1.29 is 9.18 Å². The maximum atomic E-state index is 13.8. The highest BCUT2D eigenvalue weighted by Gasteiger charge is 2.25. The van der Waals surface area contributed by atoms with Crippen LogP contribution < -0.4 is 10.6 Å². The Balaban J connectivity index is 1.40. The first-order valence-corrected chi connectivity index (χ1v) is 9.69. The molecule has 5 heteroatoms. The third-order valence-electron chi connectivity index (χ3n) is 5.48. The number of para-hydroxylation sites is 1. The summed E-state index contributed by atoms with van der Waals surface area (Å²) in [5, 5.41) is 7.62. The second kappa shape index (κ2) is 7.18. The predicted molar refractivity (Wildman–Crippen MR) is 113 cm³/mol. The fourth-order valence-electron chi connectivity index (χ4n) is 4.07. The molecule has 4 aromatic rings. The molecule has 2 heterocycles. The highest BCUT2D eigenvalue weighted by atomic mass is 19.1. The smallest absolute Gasteiger partial charge is 0.258 e. The number of anilines is 1. The minimum atomic E-state index is -0.528. The normalized spacial score (nSPS) is 15.8. The van der Waals surface area contributed by atoms with Gasteiger partial charge in [-0.15, -0.1) is 0 Å². The quantitative estimate of drug-likeness (QED) is 0.475. The number of hydrogen-bond donors (Lipinski definition) is 3. The average molecular weight is 385 g/mol. The van der Waals surface area contributed by atoms with Crippen LogP contribution in [0.2, 0.25) is 0 Å². The van der Waals surface area contributed by atoms with Crippen molar-refractivity contribution in [3.8, 4) is 0 Å². The Kier molecular flexibility index (Phi) is 4.37. The number of aromatic amines is 1. The maximum Gasteiger partial charge on any atom is 0.258 e. The Morgan fingerprint density at radius 1 is 0.966 bits per heavy atom. The number of rotatable bonds is 3. The lowest BCUT2D eigenvalue weighted by Crippen LogP contribution is -2.30. The van der Waals surface area contributed by atoms with Crippen molar-refractivity contribution in [3.05, 3.63) is 101 Å². The van der Waals surface area contributed by atoms with Crippen LogP contribution in [0.15, 0.2) is 72.8 Å². The zero-order valence-corrected chi connectivity index (χ0v) is 15.7. The van der Waals surface area contributed by atoms with Gasteiger partial charge < -0.3 is 15.6 Å². The largest absolute Gasteiger partial charge is 0.357 e. The summed E-state index contributed by atoms with van der Waals surface area (Å²) in [6.07, 6.45) is 0.993. The molecule has 0 fully saturated rings. The summed E-state index contributed by atoms with van der Waals surface area (Å²) in [5.74, 6) is -0.982. The van der Waals surface area contributed by atoms with E-state index in [-0.39, 0.29) is 11.6 Å². The standard InChI is InChI=1S/C24H20FN3O/c25-20-7-3-1-6-19(20)24(29)27-16-11-9-15(10-12-16)22-23-18(13-14-26-22)17-5-2-4-8-21(17)28-23/h1-12,22,26,28H,13-14H2,(H,27,29). The number of carbonyl (C=O) groups excluding carboxylic acids is 1. The van der Waals surface area contributed by atoms with Gasteiger partial charge in [0.1, 0.15) is 5.82 Å². The van der Waals surface area contributed by atoms with E-state index >= 15 is 0 Å². The molecule has 5 rings (SSSR count). The molecule has 0 spiro atoms. The summed E-state index contributed by atoms with van der Waals surface area (Å²) in [6.45, 7) is 0.908. The molecule has 1 aliphatic rings. The molecule has 3 aromatic carbocycles. The lowest BCUT2D eigenvalue weighted by Gasteiger charge is -2.25. The zero-order chi connectivity index (χ0) is 19.8. The van der Waals surface area contributed by atoms with Gasteiger partial charge in [0.05, 0.1) is 11.6 Å². The van der Waals surface area contributed by atoms with E-state index in [2.05, 4.69) is 33.8 Å². The van der Waals surface area contributed by atoms with Gasteiger partial charge in [-0.2, -0.15) is 0 Å². The average Bonchev–Trinajstić information content (AvgIpc) is 3.13. The van der Waals surface area contributed by atoms with Crippen molar-refractivity contribution in [3.63, 3.8) is 0 Å². The summed E-state index contributed by atoms with van der Waals surface area (Å²) >= 11 is 0. The monoisotopic (exact) mass is 385 g/mol. The van der Waals surface area contributed by atoms with Gasteiger partial charge >= 0.3 is 0 Å². The Morgan fingerprint density at radius 3 is 2.55 bits per heavy atom. The first-order valence-electron chi connectivity index (χ1n) is 9.69. The summed E-state index contributed by atoms with van der Waals surface area (Å²) in [4.78, 5) is 15.9. The highest BCUT2D eigenvalue weighted by molar-refractivity contribution is 6.04. The number of hydrogen-bond acceptors (Lipinski definition) is 2. The molecule has 1 aromatic heterocycles. The third-order valence-corrected chi connectivity index (χ3v) is 5.48. The van der Waals surface area contributed by atoms with Crippen LogP contribution in [0.25, 0.3) is 10.9 Å². The minimum absolute atomic E-state index is 0.0354. The number of fused-ring (bicyclic) bond motifs is 3. The first-order chi connectivity index (χ1) is 14.2. The molecule has 1 aliphatic heterocycles. The van der Waals surface area contributed by atoms with Crippen LogP contribution in [0.3, 0.4) is 0 Å². The summed E-state index contributed by atoms with van der Waals surface area (Å²) in [7, 11) is 0. The summed E-state index contributed by atoms with van der Waals surface area (Å²) in [6, 6.07) is 22.1. The molecule has 0 saturated heterocycles. The molecular weight excluding hydrogens is 365 g/mol. The van der Waals surface area contributed by atoms with Crippen molar-refractivity contribution in [2.75, 3.05) is 11.9 Å². The van der Waals surface area contributed by atoms with Gasteiger partial charge in [-0.05, 0) is 47.9 Å². The fourth-order valence-corrected chi connectivity index (χ4v) is 4.07.